The normalized spacial score (nSPS) is 19.8. The molecule has 0 saturated heterocycles. The van der Waals surface area contributed by atoms with Crippen LogP contribution >= 0.6 is 11.6 Å². The first-order valence-corrected chi connectivity index (χ1v) is 6.71. The van der Waals surface area contributed by atoms with Crippen molar-refractivity contribution in [1.29, 1.82) is 0 Å². The molecule has 1 aliphatic carbocycles. The lowest BCUT2D eigenvalue weighted by molar-refractivity contribution is -0.143. The highest BCUT2D eigenvalue weighted by atomic mass is 35.5. The number of halogens is 3. The maximum absolute atomic E-state index is 14.2. The van der Waals surface area contributed by atoms with E-state index in [2.05, 4.69) is 0 Å². The average molecular weight is 275 g/mol. The third kappa shape index (κ3) is 2.83. The molecule has 0 aromatic heterocycles. The Hall–Kier alpha value is -0.670. The van der Waals surface area contributed by atoms with E-state index >= 15 is 0 Å². The molecular formula is C14H17ClF2O. The van der Waals surface area contributed by atoms with Crippen LogP contribution in [0.1, 0.15) is 37.7 Å². The van der Waals surface area contributed by atoms with Crippen molar-refractivity contribution in [2.75, 3.05) is 0 Å². The summed E-state index contributed by atoms with van der Waals surface area (Å²) in [4.78, 5) is 0. The van der Waals surface area contributed by atoms with Crippen molar-refractivity contribution in [2.45, 2.75) is 44.1 Å². The molecule has 1 aliphatic rings. The van der Waals surface area contributed by atoms with Gasteiger partial charge in [0.15, 0.2) is 0 Å². The second kappa shape index (κ2) is 5.54. The lowest BCUT2D eigenvalue weighted by Crippen LogP contribution is -2.38. The summed E-state index contributed by atoms with van der Waals surface area (Å²) in [6.45, 7) is 0. The van der Waals surface area contributed by atoms with Crippen molar-refractivity contribution in [3.63, 3.8) is 0 Å². The summed E-state index contributed by atoms with van der Waals surface area (Å²) in [6.07, 6.45) is 2.66. The van der Waals surface area contributed by atoms with E-state index in [0.717, 1.165) is 19.3 Å². The summed E-state index contributed by atoms with van der Waals surface area (Å²) in [5, 5.41) is 10.2. The third-order valence-electron chi connectivity index (χ3n) is 3.68. The summed E-state index contributed by atoms with van der Waals surface area (Å²) < 4.78 is 28.4. The Kier molecular flexibility index (Phi) is 4.23. The predicted octanol–water partition coefficient (Wildman–Crippen LogP) is 4.37. The highest BCUT2D eigenvalue weighted by Crippen LogP contribution is 2.40. The van der Waals surface area contributed by atoms with E-state index in [4.69, 9.17) is 11.6 Å². The molecule has 18 heavy (non-hydrogen) atoms. The van der Waals surface area contributed by atoms with Crippen molar-refractivity contribution in [3.8, 4) is 0 Å². The molecule has 1 N–H and O–H groups in total. The molecular weight excluding hydrogens is 258 g/mol. The fourth-order valence-electron chi connectivity index (χ4n) is 2.61. The van der Waals surface area contributed by atoms with E-state index in [1.54, 1.807) is 6.07 Å². The first-order valence-electron chi connectivity index (χ1n) is 6.34. The first kappa shape index (κ1) is 13.8. The lowest BCUT2D eigenvalue weighted by atomic mass is 9.81. The molecule has 0 radical (unpaired) electrons. The van der Waals surface area contributed by atoms with E-state index in [1.165, 1.54) is 18.2 Å². The number of hydrogen-bond donors (Lipinski definition) is 1. The summed E-state index contributed by atoms with van der Waals surface area (Å²) in [5.41, 5.74) is -0.201. The van der Waals surface area contributed by atoms with E-state index in [0.29, 0.717) is 12.8 Å². The highest BCUT2D eigenvalue weighted by molar-refractivity contribution is 6.30. The molecule has 1 atom stereocenters. The quantitative estimate of drug-likeness (QED) is 0.868. The first-order chi connectivity index (χ1) is 8.51. The second-order valence-electron chi connectivity index (χ2n) is 4.98. The highest BCUT2D eigenvalue weighted by Gasteiger charge is 2.44. The van der Waals surface area contributed by atoms with Crippen LogP contribution in [0, 0.1) is 5.92 Å². The zero-order valence-corrected chi connectivity index (χ0v) is 10.8. The Balaban J connectivity index is 2.18. The molecule has 1 aromatic rings. The molecule has 0 spiro atoms. The second-order valence-corrected chi connectivity index (χ2v) is 5.41. The van der Waals surface area contributed by atoms with Gasteiger partial charge in [-0.3, -0.25) is 0 Å². The van der Waals surface area contributed by atoms with Crippen LogP contribution in [0.15, 0.2) is 24.3 Å². The lowest BCUT2D eigenvalue weighted by Gasteiger charge is -2.32. The minimum absolute atomic E-state index is 0.201. The standard InChI is InChI=1S/C14H17ClF2O/c15-12-8-4-7-11(9-12)14(16,17)13(18)10-5-2-1-3-6-10/h4,7-10,13,18H,1-3,5-6H2. The van der Waals surface area contributed by atoms with Gasteiger partial charge in [-0.15, -0.1) is 0 Å². The molecule has 0 aliphatic heterocycles. The zero-order valence-electron chi connectivity index (χ0n) is 10.1. The molecule has 4 heteroatoms. The van der Waals surface area contributed by atoms with Gasteiger partial charge in [-0.2, -0.15) is 8.78 Å². The maximum atomic E-state index is 14.2. The van der Waals surface area contributed by atoms with Crippen LogP contribution in [-0.2, 0) is 5.92 Å². The SMILES string of the molecule is OC(C1CCCCC1)C(F)(F)c1cccc(Cl)c1. The number of alkyl halides is 2. The number of hydrogen-bond acceptors (Lipinski definition) is 1. The Morgan fingerprint density at radius 2 is 1.89 bits per heavy atom. The Bertz CT molecular complexity index is 403. The fourth-order valence-corrected chi connectivity index (χ4v) is 2.80. The molecule has 0 heterocycles. The Morgan fingerprint density at radius 1 is 1.22 bits per heavy atom. The van der Waals surface area contributed by atoms with E-state index < -0.39 is 12.0 Å². The fraction of sp³-hybridized carbons (Fsp3) is 0.571. The van der Waals surface area contributed by atoms with Gasteiger partial charge in [-0.25, -0.2) is 0 Å². The third-order valence-corrected chi connectivity index (χ3v) is 3.91. The van der Waals surface area contributed by atoms with Gasteiger partial charge in [-0.1, -0.05) is 43.0 Å². The Morgan fingerprint density at radius 3 is 2.50 bits per heavy atom. The topological polar surface area (TPSA) is 20.2 Å². The molecule has 0 amide bonds. The van der Waals surface area contributed by atoms with Crippen molar-refractivity contribution >= 4 is 11.6 Å². The smallest absolute Gasteiger partial charge is 0.298 e. The summed E-state index contributed by atoms with van der Waals surface area (Å²) in [7, 11) is 0. The molecule has 100 valence electrons. The van der Waals surface area contributed by atoms with Gasteiger partial charge in [0.1, 0.15) is 6.10 Å². The molecule has 2 rings (SSSR count). The van der Waals surface area contributed by atoms with Crippen LogP contribution in [-0.4, -0.2) is 11.2 Å². The number of rotatable bonds is 3. The molecule has 1 aromatic carbocycles. The van der Waals surface area contributed by atoms with Gasteiger partial charge >= 0.3 is 0 Å². The molecule has 1 saturated carbocycles. The molecule has 1 nitrogen and oxygen atoms in total. The van der Waals surface area contributed by atoms with Gasteiger partial charge in [0.25, 0.3) is 5.92 Å². The van der Waals surface area contributed by atoms with Crippen molar-refractivity contribution in [3.05, 3.63) is 34.9 Å². The summed E-state index contributed by atoms with van der Waals surface area (Å²) >= 11 is 5.73. The zero-order chi connectivity index (χ0) is 13.2. The van der Waals surface area contributed by atoms with Crippen LogP contribution in [0.25, 0.3) is 0 Å². The Labute approximate surface area is 111 Å². The molecule has 1 fully saturated rings. The van der Waals surface area contributed by atoms with Gasteiger partial charge in [-0.05, 0) is 30.9 Å². The monoisotopic (exact) mass is 274 g/mol. The largest absolute Gasteiger partial charge is 0.386 e. The molecule has 0 bridgehead atoms. The van der Waals surface area contributed by atoms with E-state index in [9.17, 15) is 13.9 Å². The van der Waals surface area contributed by atoms with Crippen molar-refractivity contribution in [2.24, 2.45) is 5.92 Å². The van der Waals surface area contributed by atoms with Crippen LogP contribution in [0.2, 0.25) is 5.02 Å². The maximum Gasteiger partial charge on any atom is 0.298 e. The van der Waals surface area contributed by atoms with Gasteiger partial charge in [0.05, 0.1) is 0 Å². The minimum atomic E-state index is -3.23. The van der Waals surface area contributed by atoms with E-state index in [-0.39, 0.29) is 16.5 Å². The average Bonchev–Trinajstić information content (AvgIpc) is 2.39. The van der Waals surface area contributed by atoms with Crippen molar-refractivity contribution < 1.29 is 13.9 Å². The number of aliphatic hydroxyl groups excluding tert-OH is 1. The predicted molar refractivity (Wildman–Crippen MR) is 67.9 cm³/mol. The van der Waals surface area contributed by atoms with Gasteiger partial charge in [0.2, 0.25) is 0 Å². The molecule has 1 unspecified atom stereocenters. The number of benzene rings is 1. The van der Waals surface area contributed by atoms with Crippen LogP contribution < -0.4 is 0 Å². The van der Waals surface area contributed by atoms with Gasteiger partial charge < -0.3 is 5.11 Å². The van der Waals surface area contributed by atoms with Crippen LogP contribution in [0.4, 0.5) is 8.78 Å². The van der Waals surface area contributed by atoms with E-state index in [1.807, 2.05) is 0 Å². The minimum Gasteiger partial charge on any atom is -0.386 e. The summed E-state index contributed by atoms with van der Waals surface area (Å²) in [5.74, 6) is -3.54. The van der Waals surface area contributed by atoms with Crippen LogP contribution in [0.5, 0.6) is 0 Å². The van der Waals surface area contributed by atoms with Crippen LogP contribution in [0.3, 0.4) is 0 Å². The number of aliphatic hydroxyl groups is 1. The van der Waals surface area contributed by atoms with Crippen molar-refractivity contribution in [1.82, 2.24) is 0 Å². The summed E-state index contributed by atoms with van der Waals surface area (Å²) in [6, 6.07) is 5.58. The van der Waals surface area contributed by atoms with Gasteiger partial charge in [0, 0.05) is 10.6 Å².